The van der Waals surface area contributed by atoms with E-state index in [1.807, 2.05) is 49.6 Å². The summed E-state index contributed by atoms with van der Waals surface area (Å²) in [7, 11) is 0. The molecule has 0 bridgehead atoms. The van der Waals surface area contributed by atoms with Gasteiger partial charge in [0.2, 0.25) is 11.8 Å². The summed E-state index contributed by atoms with van der Waals surface area (Å²) >= 11 is 0. The molecule has 4 rings (SSSR count). The first-order chi connectivity index (χ1) is 20.6. The maximum atomic E-state index is 13.8. The number of nitrogens with zero attached hydrogens (tertiary/aromatic N) is 4. The van der Waals surface area contributed by atoms with Crippen molar-refractivity contribution in [3.8, 4) is 0 Å². The van der Waals surface area contributed by atoms with Crippen LogP contribution in [0.4, 0.5) is 10.6 Å². The van der Waals surface area contributed by atoms with Crippen molar-refractivity contribution in [2.45, 2.75) is 105 Å². The number of fused-ring (bicyclic) bond motifs is 3. The molecule has 1 aliphatic heterocycles. The number of carbonyl (C=O) groups is 3. The Morgan fingerprint density at radius 1 is 1.11 bits per heavy atom. The smallest absolute Gasteiger partial charge is 0.410 e. The zero-order valence-electron chi connectivity index (χ0n) is 27.1. The summed E-state index contributed by atoms with van der Waals surface area (Å²) < 4.78 is 13.1. The van der Waals surface area contributed by atoms with E-state index in [9.17, 15) is 19.5 Å². The molecule has 0 aliphatic carbocycles. The molecule has 3 amide bonds. The van der Waals surface area contributed by atoms with E-state index in [4.69, 9.17) is 19.4 Å². The fourth-order valence-corrected chi connectivity index (χ4v) is 5.39. The lowest BCUT2D eigenvalue weighted by atomic mass is 10.0. The number of likely N-dealkylation sites (tertiary alicyclic amines) is 1. The number of rotatable bonds is 10. The molecule has 0 saturated carbocycles. The second kappa shape index (κ2) is 13.1. The highest BCUT2D eigenvalue weighted by Gasteiger charge is 2.38. The summed E-state index contributed by atoms with van der Waals surface area (Å²) in [5.41, 5.74) is 0.0626. The fourth-order valence-electron chi connectivity index (χ4n) is 5.39. The van der Waals surface area contributed by atoms with Crippen LogP contribution in [0.2, 0.25) is 0 Å². The lowest BCUT2D eigenvalue weighted by Crippen LogP contribution is -2.54. The first kappa shape index (κ1) is 33.1. The van der Waals surface area contributed by atoms with Crippen molar-refractivity contribution in [3.05, 3.63) is 30.1 Å². The average Bonchev–Trinajstić information content (AvgIpc) is 3.54. The molecule has 44 heavy (non-hydrogen) atoms. The molecule has 1 unspecified atom stereocenters. The monoisotopic (exact) mass is 610 g/mol. The van der Waals surface area contributed by atoms with Crippen LogP contribution in [0.15, 0.2) is 24.3 Å². The number of para-hydroxylation sites is 1. The van der Waals surface area contributed by atoms with E-state index in [2.05, 4.69) is 10.6 Å². The van der Waals surface area contributed by atoms with Crippen molar-refractivity contribution < 1.29 is 29.0 Å². The Labute approximate surface area is 258 Å². The zero-order chi connectivity index (χ0) is 32.4. The predicted molar refractivity (Wildman–Crippen MR) is 168 cm³/mol. The summed E-state index contributed by atoms with van der Waals surface area (Å²) in [6, 6.07) is 5.90. The molecule has 0 radical (unpaired) electrons. The third kappa shape index (κ3) is 7.65. The number of hydrogen-bond acceptors (Lipinski definition) is 8. The van der Waals surface area contributed by atoms with Crippen LogP contribution in [-0.2, 0) is 32.2 Å². The zero-order valence-corrected chi connectivity index (χ0v) is 27.1. The second-order valence-electron chi connectivity index (χ2n) is 13.3. The lowest BCUT2D eigenvalue weighted by molar-refractivity contribution is -0.130. The van der Waals surface area contributed by atoms with Gasteiger partial charge in [0, 0.05) is 18.5 Å². The number of ether oxygens (including phenoxy) is 2. The predicted octanol–water partition coefficient (Wildman–Crippen LogP) is 4.37. The van der Waals surface area contributed by atoms with Crippen molar-refractivity contribution in [3.63, 3.8) is 0 Å². The van der Waals surface area contributed by atoms with Crippen LogP contribution in [0.3, 0.4) is 0 Å². The van der Waals surface area contributed by atoms with Gasteiger partial charge in [0.15, 0.2) is 5.82 Å². The minimum atomic E-state index is -1.05. The molecule has 1 fully saturated rings. The molecule has 2 aromatic heterocycles. The number of aromatic nitrogens is 3. The number of pyridine rings is 1. The van der Waals surface area contributed by atoms with Gasteiger partial charge in [-0.25, -0.2) is 14.8 Å². The highest BCUT2D eigenvalue weighted by atomic mass is 16.6. The van der Waals surface area contributed by atoms with Crippen molar-refractivity contribution in [2.24, 2.45) is 5.92 Å². The minimum absolute atomic E-state index is 0.211. The summed E-state index contributed by atoms with van der Waals surface area (Å²) in [6.45, 7) is 15.7. The molecule has 2 atom stereocenters. The van der Waals surface area contributed by atoms with Crippen LogP contribution in [0, 0.1) is 5.92 Å². The summed E-state index contributed by atoms with van der Waals surface area (Å²) in [5.74, 6) is -0.302. The van der Waals surface area contributed by atoms with Crippen LogP contribution in [-0.4, -0.2) is 78.9 Å². The summed E-state index contributed by atoms with van der Waals surface area (Å²) in [4.78, 5) is 51.1. The van der Waals surface area contributed by atoms with Gasteiger partial charge in [-0.2, -0.15) is 0 Å². The molecule has 240 valence electrons. The Bertz CT molecular complexity index is 1520. The number of anilines is 1. The van der Waals surface area contributed by atoms with E-state index in [0.29, 0.717) is 48.4 Å². The standard InChI is InChI=1S/C32H46N6O6/c1-9-43-17-23-34-25-26(38(23)18-32(7,8)42)20-13-10-11-14-21(20)33-27(25)36-29(40)24(19(2)3)35-28(39)22-15-12-16-37(22)30(41)44-31(4,5)6/h10-11,13-14,19,22,24,42H,9,12,15-18H2,1-8H3,(H,35,39)(H,33,36,40)/t22-,24?/m0/s1. The Hall–Kier alpha value is -3.77. The topological polar surface area (TPSA) is 148 Å². The molecule has 12 nitrogen and oxygen atoms in total. The molecule has 3 heterocycles. The van der Waals surface area contributed by atoms with Crippen molar-refractivity contribution in [1.82, 2.24) is 24.8 Å². The van der Waals surface area contributed by atoms with E-state index < -0.39 is 41.2 Å². The van der Waals surface area contributed by atoms with Crippen LogP contribution in [0.1, 0.15) is 74.1 Å². The molecule has 1 aromatic carbocycles. The number of hydrogen-bond donors (Lipinski definition) is 3. The normalized spacial score (nSPS) is 16.5. The summed E-state index contributed by atoms with van der Waals surface area (Å²) in [5, 5.41) is 17.4. The van der Waals surface area contributed by atoms with E-state index in [1.54, 1.807) is 34.6 Å². The molecule has 0 spiro atoms. The number of nitrogens with one attached hydrogen (secondary N) is 2. The molecule has 12 heteroatoms. The van der Waals surface area contributed by atoms with Gasteiger partial charge in [0.1, 0.15) is 35.6 Å². The van der Waals surface area contributed by atoms with Crippen LogP contribution >= 0.6 is 0 Å². The van der Waals surface area contributed by atoms with Gasteiger partial charge < -0.3 is 29.8 Å². The molecular weight excluding hydrogens is 564 g/mol. The number of imidazole rings is 1. The number of benzene rings is 1. The first-order valence-electron chi connectivity index (χ1n) is 15.3. The third-order valence-electron chi connectivity index (χ3n) is 7.31. The first-order valence-corrected chi connectivity index (χ1v) is 15.3. The van der Waals surface area contributed by atoms with E-state index >= 15 is 0 Å². The van der Waals surface area contributed by atoms with E-state index in [1.165, 1.54) is 4.90 Å². The van der Waals surface area contributed by atoms with E-state index in [-0.39, 0.29) is 24.9 Å². The van der Waals surface area contributed by atoms with Crippen molar-refractivity contribution in [2.75, 3.05) is 18.5 Å². The van der Waals surface area contributed by atoms with Crippen LogP contribution in [0.5, 0.6) is 0 Å². The van der Waals surface area contributed by atoms with Gasteiger partial charge >= 0.3 is 6.09 Å². The fraction of sp³-hybridized carbons (Fsp3) is 0.594. The quantitative estimate of drug-likeness (QED) is 0.307. The maximum Gasteiger partial charge on any atom is 0.410 e. The molecule has 3 aromatic rings. The molecular formula is C32H46N6O6. The highest BCUT2D eigenvalue weighted by Crippen LogP contribution is 2.32. The largest absolute Gasteiger partial charge is 0.444 e. The van der Waals surface area contributed by atoms with Gasteiger partial charge in [-0.05, 0) is 66.4 Å². The van der Waals surface area contributed by atoms with E-state index in [0.717, 1.165) is 5.39 Å². The van der Waals surface area contributed by atoms with Crippen molar-refractivity contribution >= 4 is 45.7 Å². The van der Waals surface area contributed by atoms with Gasteiger partial charge in [-0.3, -0.25) is 14.5 Å². The third-order valence-corrected chi connectivity index (χ3v) is 7.31. The van der Waals surface area contributed by atoms with Crippen LogP contribution in [0.25, 0.3) is 21.9 Å². The van der Waals surface area contributed by atoms with Gasteiger partial charge in [0.05, 0.1) is 23.2 Å². The van der Waals surface area contributed by atoms with Gasteiger partial charge in [-0.1, -0.05) is 32.0 Å². The highest BCUT2D eigenvalue weighted by molar-refractivity contribution is 6.10. The Morgan fingerprint density at radius 2 is 1.82 bits per heavy atom. The number of amides is 3. The molecule has 1 aliphatic rings. The van der Waals surface area contributed by atoms with Gasteiger partial charge in [0.25, 0.3) is 0 Å². The molecule has 3 N–H and O–H groups in total. The molecule has 1 saturated heterocycles. The number of aliphatic hydroxyl groups is 1. The maximum absolute atomic E-state index is 13.8. The minimum Gasteiger partial charge on any atom is -0.444 e. The van der Waals surface area contributed by atoms with Crippen molar-refractivity contribution in [1.29, 1.82) is 0 Å². The van der Waals surface area contributed by atoms with Crippen LogP contribution < -0.4 is 10.6 Å². The Kier molecular flexibility index (Phi) is 9.84. The lowest BCUT2D eigenvalue weighted by Gasteiger charge is -2.29. The SMILES string of the molecule is CCOCc1nc2c(NC(=O)C(NC(=O)[C@@H]3CCCN3C(=O)OC(C)(C)C)C(C)C)nc3ccccc3c2n1CC(C)(C)O. The average molecular weight is 611 g/mol. The summed E-state index contributed by atoms with van der Waals surface area (Å²) in [6.07, 6.45) is 0.589. The Balaban J connectivity index is 1.67. The Morgan fingerprint density at radius 3 is 2.45 bits per heavy atom. The number of carbonyl (C=O) groups excluding carboxylic acids is 3. The second-order valence-corrected chi connectivity index (χ2v) is 13.3. The van der Waals surface area contributed by atoms with Gasteiger partial charge in [-0.15, -0.1) is 0 Å².